The van der Waals surface area contributed by atoms with Crippen LogP contribution in [0.1, 0.15) is 37.5 Å². The summed E-state index contributed by atoms with van der Waals surface area (Å²) in [5, 5.41) is 11.8. The molecule has 0 saturated carbocycles. The number of rotatable bonds is 7. The van der Waals surface area contributed by atoms with Gasteiger partial charge in [0.25, 0.3) is 0 Å². The molecule has 0 atom stereocenters. The van der Waals surface area contributed by atoms with Crippen molar-refractivity contribution in [2.45, 2.75) is 32.8 Å². The summed E-state index contributed by atoms with van der Waals surface area (Å²) in [6, 6.07) is 24.0. The molecule has 4 rings (SSSR count). The molecule has 0 aliphatic carbocycles. The molecule has 1 heterocycles. The molecule has 0 fully saturated rings. The summed E-state index contributed by atoms with van der Waals surface area (Å²) in [6.45, 7) is 7.01. The number of aromatic amines is 1. The molecule has 0 amide bonds. The topological polar surface area (TPSA) is 64.4 Å². The van der Waals surface area contributed by atoms with Gasteiger partial charge in [-0.2, -0.15) is 14.9 Å². The average Bonchev–Trinajstić information content (AvgIpc) is 3.21. The van der Waals surface area contributed by atoms with Crippen LogP contribution in [0.25, 0.3) is 11.4 Å². The second-order valence-corrected chi connectivity index (χ2v) is 9.31. The van der Waals surface area contributed by atoms with Crippen molar-refractivity contribution in [1.29, 1.82) is 0 Å². The van der Waals surface area contributed by atoms with Gasteiger partial charge >= 0.3 is 0 Å². The number of methoxy groups -OCH3 is 1. The molecule has 174 valence electrons. The van der Waals surface area contributed by atoms with Gasteiger partial charge in [-0.3, -0.25) is 0 Å². The number of nitrogens with one attached hydrogen (secondary N) is 1. The molecule has 1 N–H and O–H groups in total. The highest BCUT2D eigenvalue weighted by Gasteiger charge is 2.15. The smallest absolute Gasteiger partial charge is 0.216 e. The lowest BCUT2D eigenvalue weighted by molar-refractivity contribution is 0.284. The van der Waals surface area contributed by atoms with Gasteiger partial charge in [-0.1, -0.05) is 75.4 Å². The summed E-state index contributed by atoms with van der Waals surface area (Å²) in [6.07, 6.45) is 1.73. The van der Waals surface area contributed by atoms with Crippen LogP contribution in [0, 0.1) is 4.77 Å². The lowest BCUT2D eigenvalue weighted by atomic mass is 9.87. The molecule has 0 aliphatic heterocycles. The van der Waals surface area contributed by atoms with Gasteiger partial charge < -0.3 is 9.47 Å². The number of benzene rings is 3. The average molecular weight is 473 g/mol. The fraction of sp³-hybridized carbons (Fsp3) is 0.222. The van der Waals surface area contributed by atoms with Crippen LogP contribution in [-0.4, -0.2) is 28.2 Å². The predicted octanol–water partition coefficient (Wildman–Crippen LogP) is 6.37. The minimum Gasteiger partial charge on any atom is -0.493 e. The van der Waals surface area contributed by atoms with Gasteiger partial charge in [0.2, 0.25) is 4.77 Å². The number of H-pyrrole nitrogens is 1. The molecule has 0 saturated heterocycles. The molecule has 0 unspecified atom stereocenters. The Morgan fingerprint density at radius 3 is 2.41 bits per heavy atom. The summed E-state index contributed by atoms with van der Waals surface area (Å²) in [4.78, 5) is 0. The molecule has 34 heavy (non-hydrogen) atoms. The normalized spacial score (nSPS) is 11.6. The van der Waals surface area contributed by atoms with Gasteiger partial charge in [-0.15, -0.1) is 0 Å². The van der Waals surface area contributed by atoms with Gasteiger partial charge in [0.15, 0.2) is 17.3 Å². The Bertz CT molecular complexity index is 1330. The van der Waals surface area contributed by atoms with E-state index in [-0.39, 0.29) is 5.41 Å². The molecule has 7 heteroatoms. The Labute approximate surface area is 204 Å². The summed E-state index contributed by atoms with van der Waals surface area (Å²) in [5.74, 6) is 1.95. The van der Waals surface area contributed by atoms with Crippen LogP contribution >= 0.6 is 12.2 Å². The van der Waals surface area contributed by atoms with Crippen molar-refractivity contribution in [3.8, 4) is 22.9 Å². The molecule has 3 aromatic carbocycles. The van der Waals surface area contributed by atoms with Gasteiger partial charge in [0.05, 0.1) is 13.3 Å². The second kappa shape index (κ2) is 10.1. The maximum absolute atomic E-state index is 6.01. The number of aromatic nitrogens is 3. The minimum atomic E-state index is 0.0794. The van der Waals surface area contributed by atoms with Gasteiger partial charge in [-0.05, 0) is 52.5 Å². The Hall–Kier alpha value is -3.71. The molecule has 0 radical (unpaired) electrons. The van der Waals surface area contributed by atoms with E-state index in [4.69, 9.17) is 21.7 Å². The zero-order valence-corrected chi connectivity index (χ0v) is 20.6. The largest absolute Gasteiger partial charge is 0.493 e. The van der Waals surface area contributed by atoms with Crippen molar-refractivity contribution in [2.24, 2.45) is 5.10 Å². The van der Waals surface area contributed by atoms with Gasteiger partial charge in [0, 0.05) is 5.56 Å². The van der Waals surface area contributed by atoms with E-state index >= 15 is 0 Å². The molecule has 0 bridgehead atoms. The first kappa shape index (κ1) is 23.4. The van der Waals surface area contributed by atoms with Crippen LogP contribution in [0.4, 0.5) is 0 Å². The van der Waals surface area contributed by atoms with E-state index in [0.29, 0.717) is 28.7 Å². The predicted molar refractivity (Wildman–Crippen MR) is 138 cm³/mol. The first-order valence-electron chi connectivity index (χ1n) is 11.0. The van der Waals surface area contributed by atoms with Crippen molar-refractivity contribution < 1.29 is 9.47 Å². The summed E-state index contributed by atoms with van der Waals surface area (Å²) < 4.78 is 13.5. The first-order valence-corrected chi connectivity index (χ1v) is 11.4. The quantitative estimate of drug-likeness (QED) is 0.251. The lowest BCUT2D eigenvalue weighted by Gasteiger charge is -2.18. The molecular weight excluding hydrogens is 444 g/mol. The van der Waals surface area contributed by atoms with E-state index in [0.717, 1.165) is 16.7 Å². The van der Waals surface area contributed by atoms with E-state index in [2.05, 4.69) is 48.2 Å². The number of nitrogens with zero attached hydrogens (tertiary/aromatic N) is 3. The monoisotopic (exact) mass is 472 g/mol. The van der Waals surface area contributed by atoms with E-state index in [1.54, 1.807) is 18.0 Å². The van der Waals surface area contributed by atoms with Crippen molar-refractivity contribution in [2.75, 3.05) is 7.11 Å². The highest BCUT2D eigenvalue weighted by molar-refractivity contribution is 7.71. The third kappa shape index (κ3) is 5.43. The van der Waals surface area contributed by atoms with Crippen LogP contribution in [0.2, 0.25) is 0 Å². The van der Waals surface area contributed by atoms with Crippen molar-refractivity contribution in [1.82, 2.24) is 14.9 Å². The lowest BCUT2D eigenvalue weighted by Crippen LogP contribution is -2.10. The van der Waals surface area contributed by atoms with E-state index in [1.165, 1.54) is 5.56 Å². The van der Waals surface area contributed by atoms with E-state index in [9.17, 15) is 0 Å². The van der Waals surface area contributed by atoms with Gasteiger partial charge in [-0.25, -0.2) is 5.10 Å². The summed E-state index contributed by atoms with van der Waals surface area (Å²) in [5.41, 5.74) is 4.19. The SMILES string of the molecule is COc1ccc(C=Nn2c(-c3ccc(C(C)(C)C)cc3)n[nH]c2=S)cc1OCc1ccccc1. The fourth-order valence-electron chi connectivity index (χ4n) is 3.45. The van der Waals surface area contributed by atoms with Crippen molar-refractivity contribution in [3.63, 3.8) is 0 Å². The summed E-state index contributed by atoms with van der Waals surface area (Å²) >= 11 is 5.42. The Morgan fingerprint density at radius 1 is 1.00 bits per heavy atom. The van der Waals surface area contributed by atoms with Crippen LogP contribution in [-0.2, 0) is 12.0 Å². The van der Waals surface area contributed by atoms with Crippen molar-refractivity contribution in [3.05, 3.63) is 94.3 Å². The Kier molecular flexibility index (Phi) is 6.93. The Morgan fingerprint density at radius 2 is 1.74 bits per heavy atom. The maximum atomic E-state index is 6.01. The molecule has 6 nitrogen and oxygen atoms in total. The van der Waals surface area contributed by atoms with Crippen LogP contribution in [0.3, 0.4) is 0 Å². The first-order chi connectivity index (χ1) is 16.3. The zero-order valence-electron chi connectivity index (χ0n) is 19.8. The number of hydrogen-bond donors (Lipinski definition) is 1. The molecular formula is C27H28N4O2S. The van der Waals surface area contributed by atoms with Crippen LogP contribution in [0.15, 0.2) is 77.9 Å². The van der Waals surface area contributed by atoms with Crippen LogP contribution < -0.4 is 9.47 Å². The third-order valence-electron chi connectivity index (χ3n) is 5.41. The van der Waals surface area contributed by atoms with E-state index < -0.39 is 0 Å². The number of ether oxygens (including phenoxy) is 2. The molecule has 1 aromatic heterocycles. The standard InChI is InChI=1S/C27H28N4O2S/c1-27(2,3)22-13-11-21(12-14-22)25-29-30-26(34)31(25)28-17-20-10-15-23(32-4)24(16-20)33-18-19-8-6-5-7-9-19/h5-17H,18H2,1-4H3,(H,30,34). The highest BCUT2D eigenvalue weighted by atomic mass is 32.1. The van der Waals surface area contributed by atoms with E-state index in [1.807, 2.05) is 60.7 Å². The Balaban J connectivity index is 1.58. The van der Waals surface area contributed by atoms with Crippen LogP contribution in [0.5, 0.6) is 11.5 Å². The minimum absolute atomic E-state index is 0.0794. The highest BCUT2D eigenvalue weighted by Crippen LogP contribution is 2.29. The van der Waals surface area contributed by atoms with Gasteiger partial charge in [0.1, 0.15) is 6.61 Å². The summed E-state index contributed by atoms with van der Waals surface area (Å²) in [7, 11) is 1.63. The second-order valence-electron chi connectivity index (χ2n) is 8.92. The zero-order chi connectivity index (χ0) is 24.1. The molecule has 0 spiro atoms. The number of hydrogen-bond acceptors (Lipinski definition) is 5. The maximum Gasteiger partial charge on any atom is 0.216 e. The van der Waals surface area contributed by atoms with Crippen molar-refractivity contribution >= 4 is 18.4 Å². The fourth-order valence-corrected chi connectivity index (χ4v) is 3.63. The molecule has 4 aromatic rings. The molecule has 0 aliphatic rings. The third-order valence-corrected chi connectivity index (χ3v) is 5.67.